The molecule has 2 aromatic rings. The molecule has 3 N–H and O–H groups in total. The predicted molar refractivity (Wildman–Crippen MR) is 94.0 cm³/mol. The van der Waals surface area contributed by atoms with Crippen molar-refractivity contribution in [3.05, 3.63) is 35.8 Å². The monoisotopic (exact) mass is 336 g/mol. The fourth-order valence-corrected chi connectivity index (χ4v) is 2.39. The number of nitrogens with zero attached hydrogens (tertiary/aromatic N) is 1. The first-order valence-electron chi connectivity index (χ1n) is 8.01. The molecule has 6 nitrogen and oxygen atoms in total. The van der Waals surface area contributed by atoms with Crippen molar-refractivity contribution in [2.75, 3.05) is 47.1 Å². The van der Waals surface area contributed by atoms with Gasteiger partial charge in [0.1, 0.15) is 5.82 Å². The van der Waals surface area contributed by atoms with Crippen LogP contribution in [0.1, 0.15) is 5.56 Å². The summed E-state index contributed by atoms with van der Waals surface area (Å²) >= 11 is 0. The Hall–Kier alpha value is -2.12. The number of hydrogen-bond acceptors (Lipinski definition) is 3. The van der Waals surface area contributed by atoms with E-state index < -0.39 is 0 Å². The number of hydrogen-bond donors (Lipinski definition) is 3. The number of ether oxygens (including phenoxy) is 2. The minimum Gasteiger partial charge on any atom is -0.382 e. The Balaban J connectivity index is 1.71. The number of fused-ring (bicyclic) bond motifs is 1. The SMILES string of the molecule is CN=C(NCCOCCOC)NCCc1c[nH]c2cc(F)ccc12. The van der Waals surface area contributed by atoms with Crippen molar-refractivity contribution < 1.29 is 13.9 Å². The average molecular weight is 336 g/mol. The molecule has 0 aliphatic rings. The van der Waals surface area contributed by atoms with Crippen LogP contribution in [-0.4, -0.2) is 58.0 Å². The number of aromatic nitrogens is 1. The molecule has 0 saturated carbocycles. The number of methoxy groups -OCH3 is 1. The minimum absolute atomic E-state index is 0.230. The first kappa shape index (κ1) is 18.2. The zero-order valence-corrected chi connectivity index (χ0v) is 14.2. The first-order chi connectivity index (χ1) is 11.7. The number of aliphatic imine (C=N–C) groups is 1. The Morgan fingerprint density at radius 2 is 2.04 bits per heavy atom. The maximum absolute atomic E-state index is 13.2. The van der Waals surface area contributed by atoms with Crippen LogP contribution in [-0.2, 0) is 15.9 Å². The van der Waals surface area contributed by atoms with Gasteiger partial charge in [-0.15, -0.1) is 0 Å². The molecule has 1 aromatic heterocycles. The molecule has 0 radical (unpaired) electrons. The van der Waals surface area contributed by atoms with Gasteiger partial charge in [0.05, 0.1) is 19.8 Å². The second-order valence-electron chi connectivity index (χ2n) is 5.28. The molecule has 0 aliphatic heterocycles. The van der Waals surface area contributed by atoms with Gasteiger partial charge < -0.3 is 25.1 Å². The topological polar surface area (TPSA) is 70.7 Å². The molecule has 0 aliphatic carbocycles. The lowest BCUT2D eigenvalue weighted by atomic mass is 10.1. The first-order valence-corrected chi connectivity index (χ1v) is 8.01. The normalized spacial score (nSPS) is 11.9. The summed E-state index contributed by atoms with van der Waals surface area (Å²) in [6.45, 7) is 3.19. The van der Waals surface area contributed by atoms with Crippen LogP contribution in [0, 0.1) is 5.82 Å². The maximum atomic E-state index is 13.2. The zero-order chi connectivity index (χ0) is 17.2. The van der Waals surface area contributed by atoms with E-state index in [0.717, 1.165) is 35.4 Å². The number of aromatic amines is 1. The van der Waals surface area contributed by atoms with Crippen molar-refractivity contribution in [1.82, 2.24) is 15.6 Å². The Labute approximate surface area is 141 Å². The van der Waals surface area contributed by atoms with Gasteiger partial charge in [0, 0.05) is 44.3 Å². The second kappa shape index (κ2) is 9.89. The van der Waals surface area contributed by atoms with Gasteiger partial charge in [-0.05, 0) is 30.2 Å². The van der Waals surface area contributed by atoms with Crippen molar-refractivity contribution in [1.29, 1.82) is 0 Å². The number of halogens is 1. The van der Waals surface area contributed by atoms with Gasteiger partial charge in [0.25, 0.3) is 0 Å². The van der Waals surface area contributed by atoms with Crippen molar-refractivity contribution in [2.24, 2.45) is 4.99 Å². The van der Waals surface area contributed by atoms with Gasteiger partial charge in [0.2, 0.25) is 0 Å². The van der Waals surface area contributed by atoms with E-state index in [4.69, 9.17) is 9.47 Å². The molecule has 2 rings (SSSR count). The summed E-state index contributed by atoms with van der Waals surface area (Å²) in [6, 6.07) is 4.80. The van der Waals surface area contributed by atoms with Crippen LogP contribution in [0.4, 0.5) is 4.39 Å². The number of rotatable bonds is 9. The zero-order valence-electron chi connectivity index (χ0n) is 14.2. The van der Waals surface area contributed by atoms with E-state index in [2.05, 4.69) is 20.6 Å². The van der Waals surface area contributed by atoms with Crippen molar-refractivity contribution in [3.8, 4) is 0 Å². The fraction of sp³-hybridized carbons (Fsp3) is 0.471. The van der Waals surface area contributed by atoms with Crippen LogP contribution in [0.3, 0.4) is 0 Å². The van der Waals surface area contributed by atoms with E-state index in [1.54, 1.807) is 20.2 Å². The van der Waals surface area contributed by atoms with Crippen LogP contribution in [0.15, 0.2) is 29.4 Å². The minimum atomic E-state index is -0.230. The molecule has 7 heteroatoms. The Morgan fingerprint density at radius 3 is 2.83 bits per heavy atom. The number of benzene rings is 1. The van der Waals surface area contributed by atoms with Crippen LogP contribution in [0.2, 0.25) is 0 Å². The second-order valence-corrected chi connectivity index (χ2v) is 5.28. The summed E-state index contributed by atoms with van der Waals surface area (Å²) in [6.07, 6.45) is 2.74. The standard InChI is InChI=1S/C17H25FN4O2/c1-19-17(21-7-8-24-10-9-23-2)20-6-5-13-12-22-16-11-14(18)3-4-15(13)16/h3-4,11-12,22H,5-10H2,1-2H3,(H2,19,20,21). The molecule has 1 heterocycles. The van der Waals surface area contributed by atoms with Gasteiger partial charge in [0.15, 0.2) is 5.96 Å². The van der Waals surface area contributed by atoms with E-state index in [-0.39, 0.29) is 5.82 Å². The van der Waals surface area contributed by atoms with E-state index in [0.29, 0.717) is 26.4 Å². The van der Waals surface area contributed by atoms with Gasteiger partial charge >= 0.3 is 0 Å². The van der Waals surface area contributed by atoms with E-state index in [1.807, 2.05) is 6.20 Å². The molecule has 0 fully saturated rings. The molecule has 0 unspecified atom stereocenters. The maximum Gasteiger partial charge on any atom is 0.191 e. The molecule has 0 bridgehead atoms. The molecular weight excluding hydrogens is 311 g/mol. The average Bonchev–Trinajstić information content (AvgIpc) is 2.98. The quantitative estimate of drug-likeness (QED) is 0.370. The molecule has 1 aromatic carbocycles. The van der Waals surface area contributed by atoms with E-state index in [1.165, 1.54) is 12.1 Å². The lowest BCUT2D eigenvalue weighted by molar-refractivity contribution is 0.0733. The van der Waals surface area contributed by atoms with Crippen LogP contribution in [0.25, 0.3) is 10.9 Å². The highest BCUT2D eigenvalue weighted by Crippen LogP contribution is 2.19. The lowest BCUT2D eigenvalue weighted by Gasteiger charge is -2.11. The molecule has 0 saturated heterocycles. The Morgan fingerprint density at radius 1 is 1.21 bits per heavy atom. The van der Waals surface area contributed by atoms with Gasteiger partial charge in [-0.3, -0.25) is 4.99 Å². The highest BCUT2D eigenvalue weighted by atomic mass is 19.1. The van der Waals surface area contributed by atoms with Gasteiger partial charge in [-0.25, -0.2) is 4.39 Å². The molecule has 0 atom stereocenters. The summed E-state index contributed by atoms with van der Waals surface area (Å²) in [4.78, 5) is 7.27. The van der Waals surface area contributed by atoms with Gasteiger partial charge in [-0.1, -0.05) is 0 Å². The fourth-order valence-electron chi connectivity index (χ4n) is 2.39. The number of nitrogens with one attached hydrogen (secondary N) is 3. The summed E-state index contributed by atoms with van der Waals surface area (Å²) in [5, 5.41) is 7.49. The summed E-state index contributed by atoms with van der Waals surface area (Å²) in [7, 11) is 3.38. The lowest BCUT2D eigenvalue weighted by Crippen LogP contribution is -2.39. The largest absolute Gasteiger partial charge is 0.382 e. The van der Waals surface area contributed by atoms with E-state index in [9.17, 15) is 4.39 Å². The Kier molecular flexibility index (Phi) is 7.51. The van der Waals surface area contributed by atoms with Crippen LogP contribution >= 0.6 is 0 Å². The molecule has 0 spiro atoms. The van der Waals surface area contributed by atoms with Crippen molar-refractivity contribution >= 4 is 16.9 Å². The smallest absolute Gasteiger partial charge is 0.191 e. The van der Waals surface area contributed by atoms with E-state index >= 15 is 0 Å². The third-order valence-corrected chi connectivity index (χ3v) is 3.61. The third-order valence-electron chi connectivity index (χ3n) is 3.61. The van der Waals surface area contributed by atoms with Crippen molar-refractivity contribution in [3.63, 3.8) is 0 Å². The molecule has 0 amide bonds. The summed E-state index contributed by atoms with van der Waals surface area (Å²) in [5.41, 5.74) is 1.97. The predicted octanol–water partition coefficient (Wildman–Crippen LogP) is 1.68. The van der Waals surface area contributed by atoms with Crippen LogP contribution in [0.5, 0.6) is 0 Å². The summed E-state index contributed by atoms with van der Waals surface area (Å²) in [5.74, 6) is 0.502. The highest BCUT2D eigenvalue weighted by Gasteiger charge is 2.05. The third kappa shape index (κ3) is 5.50. The summed E-state index contributed by atoms with van der Waals surface area (Å²) < 4.78 is 23.5. The molecular formula is C17H25FN4O2. The number of H-pyrrole nitrogens is 1. The van der Waals surface area contributed by atoms with Crippen molar-refractivity contribution in [2.45, 2.75) is 6.42 Å². The molecule has 24 heavy (non-hydrogen) atoms. The van der Waals surface area contributed by atoms with Crippen LogP contribution < -0.4 is 10.6 Å². The Bertz CT molecular complexity index is 657. The van der Waals surface area contributed by atoms with Gasteiger partial charge in [-0.2, -0.15) is 0 Å². The highest BCUT2D eigenvalue weighted by molar-refractivity contribution is 5.83. The molecule has 132 valence electrons. The number of guanidine groups is 1.